The molecule has 194 valence electrons. The van der Waals surface area contributed by atoms with Crippen LogP contribution in [0.1, 0.15) is 29.2 Å². The Morgan fingerprint density at radius 2 is 1.79 bits per heavy atom. The lowest BCUT2D eigenvalue weighted by molar-refractivity contribution is -0.140. The van der Waals surface area contributed by atoms with Crippen molar-refractivity contribution in [3.05, 3.63) is 97.7 Å². The van der Waals surface area contributed by atoms with Crippen molar-refractivity contribution in [1.29, 1.82) is 0 Å². The van der Waals surface area contributed by atoms with E-state index in [1.54, 1.807) is 6.07 Å². The Morgan fingerprint density at radius 1 is 0.974 bits per heavy atom. The van der Waals surface area contributed by atoms with Crippen LogP contribution in [0.25, 0.3) is 10.8 Å². The minimum atomic E-state index is -0.701. The fraction of sp³-hybridized carbons (Fsp3) is 0.226. The number of hydrogen-bond acceptors (Lipinski definition) is 6. The molecule has 0 radical (unpaired) electrons. The Labute approximate surface area is 236 Å². The van der Waals surface area contributed by atoms with E-state index >= 15 is 0 Å². The van der Waals surface area contributed by atoms with Crippen molar-refractivity contribution in [2.45, 2.75) is 25.3 Å². The smallest absolute Gasteiger partial charge is 0.234 e. The molecule has 1 saturated heterocycles. The minimum absolute atomic E-state index is 0.0243. The molecule has 1 aliphatic heterocycles. The number of rotatable bonds is 3. The Balaban J connectivity index is 1.41. The maximum absolute atomic E-state index is 13.9. The molecule has 2 heterocycles. The molecule has 4 atom stereocenters. The number of halogens is 1. The van der Waals surface area contributed by atoms with Crippen molar-refractivity contribution in [3.63, 3.8) is 0 Å². The van der Waals surface area contributed by atoms with Crippen molar-refractivity contribution in [3.8, 4) is 5.75 Å². The summed E-state index contributed by atoms with van der Waals surface area (Å²) in [5, 5.41) is 14.8. The summed E-state index contributed by atoms with van der Waals surface area (Å²) >= 11 is 4.76. The molecule has 0 unspecified atom stereocenters. The number of phenolic OH excluding ortho intramolecular Hbond substituents is 1. The second kappa shape index (κ2) is 8.96. The largest absolute Gasteiger partial charge is 0.508 e. The Hall–Kier alpha value is -3.62. The lowest BCUT2D eigenvalue weighted by Gasteiger charge is -2.42. The van der Waals surface area contributed by atoms with Crippen LogP contribution in [0.2, 0.25) is 0 Å². The summed E-state index contributed by atoms with van der Waals surface area (Å²) < 4.78 is 0.181. The number of carbonyl (C=O) groups excluding carboxylic acids is 4. The average Bonchev–Trinajstić information content (AvgIpc) is 3.53. The van der Waals surface area contributed by atoms with Gasteiger partial charge in [-0.15, -0.1) is 11.3 Å². The van der Waals surface area contributed by atoms with Crippen molar-refractivity contribution >= 4 is 61.4 Å². The lowest BCUT2D eigenvalue weighted by atomic mass is 9.59. The number of hydrogen-bond donors (Lipinski definition) is 1. The highest BCUT2D eigenvalue weighted by Gasteiger charge is 2.56. The fourth-order valence-electron chi connectivity index (χ4n) is 6.90. The molecular weight excluding hydrogens is 578 g/mol. The first-order valence-corrected chi connectivity index (χ1v) is 14.5. The van der Waals surface area contributed by atoms with E-state index in [1.807, 2.05) is 53.9 Å². The van der Waals surface area contributed by atoms with Gasteiger partial charge < -0.3 is 5.11 Å². The number of fused-ring (bicyclic) bond motifs is 4. The van der Waals surface area contributed by atoms with Crippen LogP contribution in [0.15, 0.2) is 87.3 Å². The number of Topliss-reactive ketones (excluding diaryl/α,β-unsaturated/α-hetero) is 1. The molecule has 6 nitrogen and oxygen atoms in total. The molecule has 1 fully saturated rings. The molecule has 2 aromatic carbocycles. The van der Waals surface area contributed by atoms with Crippen LogP contribution >= 0.6 is 27.3 Å². The van der Waals surface area contributed by atoms with Gasteiger partial charge in [-0.3, -0.25) is 24.1 Å². The van der Waals surface area contributed by atoms with Crippen LogP contribution in [-0.2, 0) is 25.7 Å². The minimum Gasteiger partial charge on any atom is -0.508 e. The number of likely N-dealkylation sites (tertiary alicyclic amines) is 1. The van der Waals surface area contributed by atoms with Gasteiger partial charge in [-0.05, 0) is 63.0 Å². The number of amides is 2. The summed E-state index contributed by atoms with van der Waals surface area (Å²) in [6.07, 6.45) is 3.85. The molecule has 3 aliphatic carbocycles. The quantitative estimate of drug-likeness (QED) is 0.241. The van der Waals surface area contributed by atoms with Crippen molar-refractivity contribution < 1.29 is 24.3 Å². The summed E-state index contributed by atoms with van der Waals surface area (Å²) in [5.41, 5.74) is 2.08. The van der Waals surface area contributed by atoms with E-state index < -0.39 is 23.7 Å². The molecule has 39 heavy (non-hydrogen) atoms. The van der Waals surface area contributed by atoms with Crippen molar-refractivity contribution in [2.24, 2.45) is 17.8 Å². The van der Waals surface area contributed by atoms with Crippen LogP contribution in [0.5, 0.6) is 5.75 Å². The number of nitrogens with zero attached hydrogens (tertiary/aromatic N) is 1. The number of imide groups is 1. The number of ketones is 2. The predicted molar refractivity (Wildman–Crippen MR) is 150 cm³/mol. The fourth-order valence-corrected chi connectivity index (χ4v) is 8.04. The molecule has 0 spiro atoms. The van der Waals surface area contributed by atoms with Gasteiger partial charge in [0.25, 0.3) is 0 Å². The molecule has 7 rings (SSSR count). The van der Waals surface area contributed by atoms with E-state index in [9.17, 15) is 24.3 Å². The molecule has 0 saturated carbocycles. The van der Waals surface area contributed by atoms with Crippen LogP contribution in [0.3, 0.4) is 0 Å². The number of phenols is 1. The highest BCUT2D eigenvalue weighted by molar-refractivity contribution is 9.12. The zero-order chi connectivity index (χ0) is 27.0. The maximum atomic E-state index is 13.9. The second-order valence-electron chi connectivity index (χ2n) is 10.5. The number of allylic oxidation sites excluding steroid dienone is 6. The first-order valence-electron chi connectivity index (χ1n) is 12.8. The lowest BCUT2D eigenvalue weighted by Crippen LogP contribution is -2.39. The molecule has 1 N–H and O–H groups in total. The van der Waals surface area contributed by atoms with E-state index in [1.165, 1.54) is 22.3 Å². The second-order valence-corrected chi connectivity index (χ2v) is 12.3. The third kappa shape index (κ3) is 3.58. The Bertz CT molecular complexity index is 1720. The van der Waals surface area contributed by atoms with E-state index in [4.69, 9.17) is 0 Å². The maximum Gasteiger partial charge on any atom is 0.234 e. The third-order valence-corrected chi connectivity index (χ3v) is 10.0. The monoisotopic (exact) mass is 599 g/mol. The third-order valence-electron chi connectivity index (χ3n) is 8.55. The molecule has 1 aromatic heterocycles. The Morgan fingerprint density at radius 3 is 2.59 bits per heavy atom. The van der Waals surface area contributed by atoms with Crippen LogP contribution in [-0.4, -0.2) is 33.4 Å². The van der Waals surface area contributed by atoms with Crippen LogP contribution in [0.4, 0.5) is 0 Å². The molecule has 3 aromatic rings. The van der Waals surface area contributed by atoms with Gasteiger partial charge in [-0.2, -0.15) is 0 Å². The summed E-state index contributed by atoms with van der Waals surface area (Å²) in [4.78, 5) is 56.6. The van der Waals surface area contributed by atoms with Gasteiger partial charge >= 0.3 is 0 Å². The van der Waals surface area contributed by atoms with Gasteiger partial charge in [0.1, 0.15) is 5.75 Å². The predicted octanol–water partition coefficient (Wildman–Crippen LogP) is 5.57. The number of aromatic hydroxyl groups is 1. The molecule has 8 heteroatoms. The highest BCUT2D eigenvalue weighted by Crippen LogP contribution is 2.57. The van der Waals surface area contributed by atoms with Gasteiger partial charge in [0.2, 0.25) is 11.8 Å². The van der Waals surface area contributed by atoms with E-state index in [2.05, 4.69) is 15.9 Å². The molecule has 2 amide bonds. The normalized spacial score (nSPS) is 26.4. The van der Waals surface area contributed by atoms with Crippen LogP contribution < -0.4 is 0 Å². The van der Waals surface area contributed by atoms with Crippen molar-refractivity contribution in [1.82, 2.24) is 4.90 Å². The van der Waals surface area contributed by atoms with E-state index in [0.717, 1.165) is 21.2 Å². The molecule has 4 aliphatic rings. The molecule has 0 bridgehead atoms. The number of thiophene rings is 1. The summed E-state index contributed by atoms with van der Waals surface area (Å²) in [5.74, 6) is -3.25. The number of benzene rings is 2. The van der Waals surface area contributed by atoms with E-state index in [-0.39, 0.29) is 46.6 Å². The van der Waals surface area contributed by atoms with Gasteiger partial charge in [-0.25, -0.2) is 0 Å². The zero-order valence-corrected chi connectivity index (χ0v) is 23.0. The van der Waals surface area contributed by atoms with Crippen molar-refractivity contribution in [2.75, 3.05) is 0 Å². The first-order chi connectivity index (χ1) is 18.8. The molecular formula is C31H22BrNO5S. The topological polar surface area (TPSA) is 91.8 Å². The van der Waals surface area contributed by atoms with Gasteiger partial charge in [0.15, 0.2) is 11.6 Å². The SMILES string of the molecule is O=C1C=C(Br)C(=O)C2=C1[C@@H](c1c(O)ccc3ccccc13)C1=CC[C@@H]3C(=O)N(Cc4cccs4)C(=O)[C@@H]3[C@@H]1C2. The van der Waals surface area contributed by atoms with Gasteiger partial charge in [-0.1, -0.05) is 48.0 Å². The zero-order valence-electron chi connectivity index (χ0n) is 20.6. The summed E-state index contributed by atoms with van der Waals surface area (Å²) in [6, 6.07) is 14.8. The van der Waals surface area contributed by atoms with Gasteiger partial charge in [0.05, 0.1) is 22.9 Å². The first kappa shape index (κ1) is 24.4. The summed E-state index contributed by atoms with van der Waals surface area (Å²) in [6.45, 7) is 0.234. The highest BCUT2D eigenvalue weighted by atomic mass is 79.9. The number of carbonyl (C=O) groups is 4. The average molecular weight is 600 g/mol. The van der Waals surface area contributed by atoms with E-state index in [0.29, 0.717) is 23.1 Å². The standard InChI is InChI=1S/C31H22BrNO5S/c32-22-13-24(35)27-21(29(22)36)12-20-18(28(27)26-17-6-2-1-4-15(17)7-10-23(26)34)8-9-19-25(20)31(38)33(30(19)37)14-16-5-3-11-39-16/h1-8,10-11,13,19-20,25,28,34H,9,12,14H2/t19-,20+,25-,28+/m0/s1. The van der Waals surface area contributed by atoms with Gasteiger partial charge in [0, 0.05) is 33.6 Å². The van der Waals surface area contributed by atoms with Crippen LogP contribution in [0, 0.1) is 17.8 Å². The Kier molecular flexibility index (Phi) is 5.61. The summed E-state index contributed by atoms with van der Waals surface area (Å²) in [7, 11) is 0.